The van der Waals surface area contributed by atoms with Crippen LogP contribution in [0.5, 0.6) is 0 Å². The topological polar surface area (TPSA) is 78.3 Å². The van der Waals surface area contributed by atoms with Gasteiger partial charge in [0.25, 0.3) is 0 Å². The molecule has 0 spiro atoms. The highest BCUT2D eigenvalue weighted by atomic mass is 35.5. The Morgan fingerprint density at radius 3 is 2.83 bits per heavy atom. The summed E-state index contributed by atoms with van der Waals surface area (Å²) in [5.74, 6) is 0.397. The number of hydrogen-bond acceptors (Lipinski definition) is 4. The lowest BCUT2D eigenvalue weighted by Crippen LogP contribution is -2.17. The van der Waals surface area contributed by atoms with Crippen molar-refractivity contribution in [1.29, 1.82) is 0 Å². The first kappa shape index (κ1) is 23.0. The van der Waals surface area contributed by atoms with E-state index in [9.17, 15) is 4.79 Å². The molecule has 1 aromatic carbocycles. The summed E-state index contributed by atoms with van der Waals surface area (Å²) in [4.78, 5) is 11.9. The third-order valence-electron chi connectivity index (χ3n) is 5.29. The molecule has 4 nitrogen and oxygen atoms in total. The van der Waals surface area contributed by atoms with Gasteiger partial charge in [-0.05, 0) is 97.0 Å². The number of rotatable bonds is 8. The van der Waals surface area contributed by atoms with Crippen LogP contribution in [0.3, 0.4) is 0 Å². The van der Waals surface area contributed by atoms with E-state index in [1.54, 1.807) is 6.92 Å². The summed E-state index contributed by atoms with van der Waals surface area (Å²) in [5.41, 5.74) is 15.9. The van der Waals surface area contributed by atoms with Crippen LogP contribution in [0.15, 0.2) is 59.8 Å². The van der Waals surface area contributed by atoms with Crippen molar-refractivity contribution in [3.63, 3.8) is 0 Å². The van der Waals surface area contributed by atoms with Gasteiger partial charge in [-0.3, -0.25) is 0 Å². The Kier molecular flexibility index (Phi) is 9.23. The van der Waals surface area contributed by atoms with Gasteiger partial charge in [0.05, 0.1) is 6.61 Å². The molecule has 0 aromatic heterocycles. The molecule has 0 radical (unpaired) electrons. The number of benzene rings is 1. The van der Waals surface area contributed by atoms with Crippen molar-refractivity contribution in [2.75, 3.05) is 13.2 Å². The lowest BCUT2D eigenvalue weighted by atomic mass is 9.77. The molecule has 5 heteroatoms. The largest absolute Gasteiger partial charge is 0.463 e. The van der Waals surface area contributed by atoms with Crippen molar-refractivity contribution >= 4 is 23.6 Å². The zero-order chi connectivity index (χ0) is 21.2. The Morgan fingerprint density at radius 1 is 1.38 bits per heavy atom. The molecule has 4 N–H and O–H groups in total. The summed E-state index contributed by atoms with van der Waals surface area (Å²) in [7, 11) is 0. The Bertz CT molecular complexity index is 824. The average molecular weight is 415 g/mol. The molecule has 1 aliphatic rings. The van der Waals surface area contributed by atoms with Crippen LogP contribution in [-0.4, -0.2) is 19.1 Å². The summed E-state index contributed by atoms with van der Waals surface area (Å²) in [6.45, 7) is 5.00. The predicted molar refractivity (Wildman–Crippen MR) is 121 cm³/mol. The van der Waals surface area contributed by atoms with Crippen molar-refractivity contribution in [3.8, 4) is 0 Å². The molecular weight excluding hydrogens is 384 g/mol. The zero-order valence-corrected chi connectivity index (χ0v) is 18.0. The maximum absolute atomic E-state index is 11.9. The fourth-order valence-electron chi connectivity index (χ4n) is 3.90. The molecule has 0 saturated heterocycles. The highest BCUT2D eigenvalue weighted by Gasteiger charge is 2.27. The molecule has 1 aliphatic carbocycles. The molecule has 29 heavy (non-hydrogen) atoms. The number of esters is 1. The van der Waals surface area contributed by atoms with Crippen LogP contribution < -0.4 is 11.5 Å². The lowest BCUT2D eigenvalue weighted by Gasteiger charge is -2.27. The second-order valence-electron chi connectivity index (χ2n) is 7.09. The molecule has 0 aliphatic heterocycles. The van der Waals surface area contributed by atoms with Crippen LogP contribution in [-0.2, 0) is 9.53 Å². The average Bonchev–Trinajstić information content (AvgIpc) is 2.85. The number of allylic oxidation sites excluding steroid dienone is 5. The van der Waals surface area contributed by atoms with Crippen molar-refractivity contribution in [1.82, 2.24) is 0 Å². The third-order valence-corrected chi connectivity index (χ3v) is 5.53. The van der Waals surface area contributed by atoms with Crippen molar-refractivity contribution in [2.24, 2.45) is 17.4 Å². The van der Waals surface area contributed by atoms with Gasteiger partial charge < -0.3 is 16.2 Å². The summed E-state index contributed by atoms with van der Waals surface area (Å²) in [6, 6.07) is 6.05. The number of carbonyl (C=O) groups is 1. The van der Waals surface area contributed by atoms with Gasteiger partial charge in [-0.2, -0.15) is 0 Å². The van der Waals surface area contributed by atoms with Crippen LogP contribution in [0.25, 0.3) is 6.08 Å². The molecule has 2 rings (SSSR count). The fraction of sp³-hybridized carbons (Fsp3) is 0.375. The molecule has 0 amide bonds. The van der Waals surface area contributed by atoms with Gasteiger partial charge in [0.1, 0.15) is 0 Å². The van der Waals surface area contributed by atoms with Gasteiger partial charge in [0.2, 0.25) is 0 Å². The Hall–Kier alpha value is -2.30. The second-order valence-corrected chi connectivity index (χ2v) is 7.53. The van der Waals surface area contributed by atoms with E-state index in [4.69, 9.17) is 27.8 Å². The van der Waals surface area contributed by atoms with Crippen molar-refractivity contribution in [2.45, 2.75) is 39.0 Å². The van der Waals surface area contributed by atoms with Crippen LogP contribution >= 0.6 is 11.6 Å². The van der Waals surface area contributed by atoms with Gasteiger partial charge in [-0.25, -0.2) is 4.79 Å². The quantitative estimate of drug-likeness (QED) is 0.458. The van der Waals surface area contributed by atoms with E-state index in [1.165, 1.54) is 17.8 Å². The lowest BCUT2D eigenvalue weighted by molar-refractivity contribution is -0.137. The van der Waals surface area contributed by atoms with Crippen LogP contribution in [0.2, 0.25) is 5.02 Å². The van der Waals surface area contributed by atoms with Gasteiger partial charge in [-0.1, -0.05) is 37.1 Å². The molecule has 0 bridgehead atoms. The molecule has 0 saturated carbocycles. The highest BCUT2D eigenvalue weighted by molar-refractivity contribution is 6.30. The number of hydrogen-bond donors (Lipinski definition) is 2. The minimum Gasteiger partial charge on any atom is -0.463 e. The maximum Gasteiger partial charge on any atom is 0.330 e. The van der Waals surface area contributed by atoms with Crippen LogP contribution in [0, 0.1) is 5.92 Å². The fourth-order valence-corrected chi connectivity index (χ4v) is 4.08. The van der Waals surface area contributed by atoms with E-state index in [2.05, 4.69) is 19.1 Å². The first-order chi connectivity index (χ1) is 14.0. The normalized spacial score (nSPS) is 19.2. The minimum absolute atomic E-state index is 0.304. The van der Waals surface area contributed by atoms with E-state index < -0.39 is 0 Å². The third kappa shape index (κ3) is 6.34. The van der Waals surface area contributed by atoms with E-state index in [-0.39, 0.29) is 5.97 Å². The first-order valence-corrected chi connectivity index (χ1v) is 10.6. The van der Waals surface area contributed by atoms with Gasteiger partial charge >= 0.3 is 5.97 Å². The molecular formula is C24H31ClN2O2. The number of ether oxygens (including phenoxy) is 1. The zero-order valence-electron chi connectivity index (χ0n) is 17.2. The van der Waals surface area contributed by atoms with Crippen LogP contribution in [0.1, 0.15) is 50.2 Å². The summed E-state index contributed by atoms with van der Waals surface area (Å²) in [5, 5.41) is 0.689. The van der Waals surface area contributed by atoms with E-state index in [1.807, 2.05) is 30.4 Å². The monoisotopic (exact) mass is 414 g/mol. The Morgan fingerprint density at radius 2 is 2.17 bits per heavy atom. The number of fused-ring (bicyclic) bond motifs is 1. The molecule has 2 unspecified atom stereocenters. The van der Waals surface area contributed by atoms with Crippen LogP contribution in [0.4, 0.5) is 0 Å². The second kappa shape index (κ2) is 11.6. The van der Waals surface area contributed by atoms with Crippen molar-refractivity contribution < 1.29 is 9.53 Å². The Balaban J connectivity index is 2.58. The number of nitrogens with two attached hydrogens (primary N) is 2. The van der Waals surface area contributed by atoms with Gasteiger partial charge in [0, 0.05) is 11.1 Å². The predicted octanol–water partition coefficient (Wildman–Crippen LogP) is 5.10. The SMILES string of the molecule is CCOC(=O)/C=C/C1=Cc2cc(Cl)ccc2C(C(CC)CCN)C/C1=C\C=C/N. The molecule has 1 aromatic rings. The molecule has 2 atom stereocenters. The highest BCUT2D eigenvalue weighted by Crippen LogP contribution is 2.42. The summed E-state index contributed by atoms with van der Waals surface area (Å²) < 4.78 is 5.04. The molecule has 0 fully saturated rings. The minimum atomic E-state index is -0.358. The number of halogens is 1. The first-order valence-electron chi connectivity index (χ1n) is 10.2. The maximum atomic E-state index is 11.9. The van der Waals surface area contributed by atoms with Crippen molar-refractivity contribution in [3.05, 3.63) is 76.0 Å². The molecule has 156 valence electrons. The smallest absolute Gasteiger partial charge is 0.330 e. The van der Waals surface area contributed by atoms with E-state index >= 15 is 0 Å². The summed E-state index contributed by atoms with van der Waals surface area (Å²) >= 11 is 6.31. The standard InChI is InChI=1S/C24H31ClN2O2/c1-3-17(11-13-27)23-16-18(6-5-12-26)19(7-10-24(28)29-4-2)14-20-15-21(25)8-9-22(20)23/h5-10,12,14-15,17,23H,3-4,11,13,16,26-27H2,1-2H3/b10-7+,12-5-,18-6+. The van der Waals surface area contributed by atoms with Gasteiger partial charge in [0.15, 0.2) is 0 Å². The van der Waals surface area contributed by atoms with Gasteiger partial charge in [-0.15, -0.1) is 0 Å². The number of carbonyl (C=O) groups excluding carboxylic acids is 1. The Labute approximate surface area is 178 Å². The van der Waals surface area contributed by atoms with E-state index in [0.29, 0.717) is 30.0 Å². The summed E-state index contributed by atoms with van der Waals surface area (Å²) in [6.07, 6.45) is 13.5. The molecule has 0 heterocycles. The van der Waals surface area contributed by atoms with E-state index in [0.717, 1.165) is 36.0 Å².